The molecule has 37 heavy (non-hydrogen) atoms. The Labute approximate surface area is 245 Å². The molecule has 0 aliphatic carbocycles. The molecule has 3 N–H and O–H groups in total. The summed E-state index contributed by atoms with van der Waals surface area (Å²) in [6.45, 7) is 2.21. The van der Waals surface area contributed by atoms with Crippen LogP contribution in [0, 0.1) is 3.57 Å². The lowest BCUT2D eigenvalue weighted by molar-refractivity contribution is -0.120. The maximum atomic E-state index is 12.7. The van der Waals surface area contributed by atoms with E-state index in [1.165, 1.54) is 18.0 Å². The average Bonchev–Trinajstić information content (AvgIpc) is 3.29. The fraction of sp³-hybridized carbons (Fsp3) is 0.120. The van der Waals surface area contributed by atoms with E-state index in [0.29, 0.717) is 32.6 Å². The molecule has 0 fully saturated rings. The maximum Gasteiger partial charge on any atom is 0.253 e. The second kappa shape index (κ2) is 12.8. The molecular weight excluding hydrogens is 691 g/mol. The molecular formula is C25H21BrClIN6O2S. The predicted molar refractivity (Wildman–Crippen MR) is 160 cm³/mol. The fourth-order valence-corrected chi connectivity index (χ4v) is 5.30. The van der Waals surface area contributed by atoms with E-state index in [9.17, 15) is 9.90 Å². The summed E-state index contributed by atoms with van der Waals surface area (Å²) in [6, 6.07) is 20.9. The molecule has 1 atom stereocenters. The van der Waals surface area contributed by atoms with Gasteiger partial charge in [-0.15, -0.1) is 10.2 Å². The number of para-hydroxylation sites is 1. The van der Waals surface area contributed by atoms with Crippen LogP contribution < -0.4 is 10.7 Å². The molecule has 4 rings (SSSR count). The number of thioether (sulfide) groups is 1. The number of hydrogen-bond acceptors (Lipinski definition) is 7. The van der Waals surface area contributed by atoms with Gasteiger partial charge >= 0.3 is 0 Å². The number of benzene rings is 3. The van der Waals surface area contributed by atoms with Crippen molar-refractivity contribution in [3.63, 3.8) is 0 Å². The van der Waals surface area contributed by atoms with Crippen LogP contribution in [0.5, 0.6) is 5.75 Å². The average molecular weight is 712 g/mol. The van der Waals surface area contributed by atoms with Gasteiger partial charge in [0.25, 0.3) is 5.91 Å². The van der Waals surface area contributed by atoms with Crippen molar-refractivity contribution in [3.8, 4) is 11.4 Å². The van der Waals surface area contributed by atoms with Gasteiger partial charge in [-0.3, -0.25) is 9.36 Å². The number of halogens is 3. The summed E-state index contributed by atoms with van der Waals surface area (Å²) >= 11 is 12.8. The fourth-order valence-electron chi connectivity index (χ4n) is 3.23. The molecule has 1 heterocycles. The topological polar surface area (TPSA) is 104 Å². The van der Waals surface area contributed by atoms with Crippen molar-refractivity contribution >= 4 is 79.7 Å². The number of anilines is 1. The van der Waals surface area contributed by atoms with Crippen LogP contribution in [0.15, 0.2) is 81.5 Å². The van der Waals surface area contributed by atoms with E-state index in [-0.39, 0.29) is 11.7 Å². The summed E-state index contributed by atoms with van der Waals surface area (Å²) in [6.07, 6.45) is 1.34. The first-order valence-corrected chi connectivity index (χ1v) is 14.1. The van der Waals surface area contributed by atoms with Crippen molar-refractivity contribution in [1.29, 1.82) is 0 Å². The Morgan fingerprint density at radius 1 is 1.22 bits per heavy atom. The largest absolute Gasteiger partial charge is 0.506 e. The zero-order valence-corrected chi connectivity index (χ0v) is 24.7. The van der Waals surface area contributed by atoms with Crippen molar-refractivity contribution < 1.29 is 9.90 Å². The molecule has 1 amide bonds. The molecule has 0 saturated heterocycles. The Morgan fingerprint density at radius 3 is 2.68 bits per heavy atom. The Bertz CT molecular complexity index is 1420. The number of rotatable bonds is 9. The van der Waals surface area contributed by atoms with Crippen molar-refractivity contribution in [1.82, 2.24) is 20.2 Å². The number of aromatic nitrogens is 3. The van der Waals surface area contributed by atoms with Crippen LogP contribution in [0.25, 0.3) is 5.69 Å². The number of phenols is 1. The van der Waals surface area contributed by atoms with Crippen LogP contribution in [-0.2, 0) is 11.3 Å². The number of hydrogen-bond donors (Lipinski definition) is 3. The number of carbonyl (C=O) groups excluding carboxylic acids is 1. The molecule has 190 valence electrons. The van der Waals surface area contributed by atoms with Gasteiger partial charge in [-0.25, -0.2) is 5.43 Å². The van der Waals surface area contributed by atoms with E-state index in [0.717, 1.165) is 14.9 Å². The van der Waals surface area contributed by atoms with E-state index in [2.05, 4.69) is 64.6 Å². The zero-order chi connectivity index (χ0) is 26.4. The van der Waals surface area contributed by atoms with Crippen molar-refractivity contribution in [3.05, 3.63) is 91.2 Å². The van der Waals surface area contributed by atoms with Gasteiger partial charge in [0, 0.05) is 25.5 Å². The smallest absolute Gasteiger partial charge is 0.253 e. The Balaban J connectivity index is 1.47. The second-order valence-electron chi connectivity index (χ2n) is 7.75. The summed E-state index contributed by atoms with van der Waals surface area (Å²) in [5.74, 6) is 0.357. The summed E-state index contributed by atoms with van der Waals surface area (Å²) in [5.41, 5.74) is 4.74. The summed E-state index contributed by atoms with van der Waals surface area (Å²) < 4.78 is 3.52. The van der Waals surface area contributed by atoms with Crippen LogP contribution in [0.1, 0.15) is 18.3 Å². The molecule has 0 bridgehead atoms. The standard InChI is InChI=1S/C25H21BrClIN6O2S/c1-15(24(36)32-30-13-16-11-17(27)12-21(26)23(16)35)37-25-33-31-22(34(25)20-5-3-2-4-6-20)14-29-19-9-7-18(28)8-10-19/h2-13,15,29,35H,14H2,1H3,(H,32,36)/b30-13-/t15-/m0/s1. The number of nitrogens with one attached hydrogen (secondary N) is 2. The highest BCUT2D eigenvalue weighted by molar-refractivity contribution is 14.1. The summed E-state index contributed by atoms with van der Waals surface area (Å²) in [7, 11) is 0. The van der Waals surface area contributed by atoms with Gasteiger partial charge in [0.1, 0.15) is 5.75 Å². The van der Waals surface area contributed by atoms with Crippen LogP contribution in [0.3, 0.4) is 0 Å². The highest BCUT2D eigenvalue weighted by Crippen LogP contribution is 2.30. The molecule has 0 aliphatic heterocycles. The first-order chi connectivity index (χ1) is 17.8. The first kappa shape index (κ1) is 27.4. The molecule has 0 spiro atoms. The lowest BCUT2D eigenvalue weighted by Crippen LogP contribution is -2.27. The zero-order valence-electron chi connectivity index (χ0n) is 19.4. The Morgan fingerprint density at radius 2 is 1.95 bits per heavy atom. The van der Waals surface area contributed by atoms with E-state index in [4.69, 9.17) is 11.6 Å². The van der Waals surface area contributed by atoms with Crippen molar-refractivity contribution in [2.45, 2.75) is 23.9 Å². The minimum absolute atomic E-state index is 0.0211. The number of nitrogens with zero attached hydrogens (tertiary/aromatic N) is 4. The maximum absolute atomic E-state index is 12.7. The minimum atomic E-state index is -0.527. The van der Waals surface area contributed by atoms with Gasteiger partial charge in [-0.1, -0.05) is 41.6 Å². The van der Waals surface area contributed by atoms with E-state index < -0.39 is 5.25 Å². The summed E-state index contributed by atoms with van der Waals surface area (Å²) in [5, 5.41) is 26.7. The molecule has 3 aromatic carbocycles. The predicted octanol–water partition coefficient (Wildman–Crippen LogP) is 6.24. The molecule has 12 heteroatoms. The van der Waals surface area contributed by atoms with Crippen molar-refractivity contribution in [2.75, 3.05) is 5.32 Å². The van der Waals surface area contributed by atoms with Crippen LogP contribution >= 0.6 is 61.9 Å². The van der Waals surface area contributed by atoms with Crippen LogP contribution in [0.2, 0.25) is 5.02 Å². The number of aromatic hydroxyl groups is 1. The van der Waals surface area contributed by atoms with Gasteiger partial charge in [-0.2, -0.15) is 5.10 Å². The lowest BCUT2D eigenvalue weighted by atomic mass is 10.2. The molecule has 0 saturated carbocycles. The SMILES string of the molecule is C[C@H](Sc1nnc(CNc2ccc(I)cc2)n1-c1ccccc1)C(=O)N/N=C\c1cc(Cl)cc(Br)c1O. The molecule has 4 aromatic rings. The lowest BCUT2D eigenvalue weighted by Gasteiger charge is -2.13. The number of phenolic OH excluding ortho intramolecular Hbond substituents is 1. The monoisotopic (exact) mass is 710 g/mol. The van der Waals surface area contributed by atoms with Gasteiger partial charge in [0.15, 0.2) is 11.0 Å². The van der Waals surface area contributed by atoms with E-state index >= 15 is 0 Å². The Kier molecular flexibility index (Phi) is 9.46. The summed E-state index contributed by atoms with van der Waals surface area (Å²) in [4.78, 5) is 12.7. The molecule has 0 aliphatic rings. The van der Waals surface area contributed by atoms with Gasteiger partial charge < -0.3 is 10.4 Å². The third-order valence-corrected chi connectivity index (χ3v) is 7.68. The quantitative estimate of drug-likeness (QED) is 0.0823. The highest BCUT2D eigenvalue weighted by atomic mass is 127. The van der Waals surface area contributed by atoms with E-state index in [1.807, 2.05) is 59.2 Å². The molecule has 1 aromatic heterocycles. The van der Waals surface area contributed by atoms with Gasteiger partial charge in [-0.05, 0) is 94.0 Å². The third kappa shape index (κ3) is 7.24. The van der Waals surface area contributed by atoms with Crippen molar-refractivity contribution in [2.24, 2.45) is 5.10 Å². The van der Waals surface area contributed by atoms with Gasteiger partial charge in [0.05, 0.1) is 22.5 Å². The number of amides is 1. The van der Waals surface area contributed by atoms with Crippen LogP contribution in [0.4, 0.5) is 5.69 Å². The number of hydrazone groups is 1. The number of carbonyl (C=O) groups is 1. The minimum Gasteiger partial charge on any atom is -0.506 e. The van der Waals surface area contributed by atoms with Crippen LogP contribution in [-0.4, -0.2) is 37.2 Å². The Hall–Kier alpha value is -2.61. The van der Waals surface area contributed by atoms with E-state index in [1.54, 1.807) is 19.1 Å². The first-order valence-electron chi connectivity index (χ1n) is 11.0. The third-order valence-electron chi connectivity index (χ3n) is 5.10. The second-order valence-corrected chi connectivity index (χ2v) is 11.6. The molecule has 0 unspecified atom stereocenters. The highest BCUT2D eigenvalue weighted by Gasteiger charge is 2.21. The molecule has 8 nitrogen and oxygen atoms in total. The normalized spacial score (nSPS) is 12.0. The molecule has 0 radical (unpaired) electrons. The van der Waals surface area contributed by atoms with Gasteiger partial charge in [0.2, 0.25) is 0 Å².